The molecule has 0 saturated carbocycles. The molecule has 3 aromatic carbocycles. The number of carbonyl (C=O) groups excluding carboxylic acids is 1. The maximum atomic E-state index is 12.9. The van der Waals surface area contributed by atoms with Crippen molar-refractivity contribution in [3.8, 4) is 11.5 Å². The van der Waals surface area contributed by atoms with Gasteiger partial charge in [0.1, 0.15) is 11.5 Å². The van der Waals surface area contributed by atoms with Crippen molar-refractivity contribution in [2.45, 2.75) is 11.8 Å². The molecule has 0 aliphatic heterocycles. The molecule has 0 saturated heterocycles. The number of amides is 1. The molecule has 0 aliphatic carbocycles. The number of hydrogen-bond donors (Lipinski definition) is 2. The Morgan fingerprint density at radius 2 is 1.47 bits per heavy atom. The van der Waals surface area contributed by atoms with Crippen LogP contribution in [0, 0.1) is 6.92 Å². The monoisotopic (exact) mass is 426 g/mol. The molecule has 0 unspecified atom stereocenters. The fourth-order valence-electron chi connectivity index (χ4n) is 2.77. The van der Waals surface area contributed by atoms with E-state index in [1.807, 2.05) is 6.92 Å². The van der Waals surface area contributed by atoms with Gasteiger partial charge in [-0.2, -0.15) is 0 Å². The van der Waals surface area contributed by atoms with Crippen LogP contribution < -0.4 is 19.5 Å². The highest BCUT2D eigenvalue weighted by molar-refractivity contribution is 7.92. The van der Waals surface area contributed by atoms with Crippen molar-refractivity contribution in [2.75, 3.05) is 24.3 Å². The summed E-state index contributed by atoms with van der Waals surface area (Å²) < 4.78 is 38.4. The molecule has 156 valence electrons. The number of ether oxygens (including phenoxy) is 2. The van der Waals surface area contributed by atoms with E-state index in [4.69, 9.17) is 9.47 Å². The van der Waals surface area contributed by atoms with Gasteiger partial charge < -0.3 is 14.8 Å². The Balaban J connectivity index is 1.88. The lowest BCUT2D eigenvalue weighted by Crippen LogP contribution is -2.18. The predicted octanol–water partition coefficient (Wildman–Crippen LogP) is 4.07. The Labute approximate surface area is 175 Å². The fourth-order valence-corrected chi connectivity index (χ4v) is 3.85. The first kappa shape index (κ1) is 21.2. The lowest BCUT2D eigenvalue weighted by Gasteiger charge is -2.14. The Morgan fingerprint density at radius 1 is 0.867 bits per heavy atom. The number of carbonyl (C=O) groups is 1. The zero-order chi connectivity index (χ0) is 21.7. The molecule has 0 radical (unpaired) electrons. The Morgan fingerprint density at radius 3 is 2.07 bits per heavy atom. The average molecular weight is 426 g/mol. The molecule has 0 spiro atoms. The standard InChI is InChI=1S/C22H22N2O5S/c1-15-8-10-19(11-9-15)30(26,27)24-21-7-5-4-6-20(21)22(25)23-16-12-17(28-2)14-18(13-16)29-3/h4-14,24H,1-3H3,(H,23,25). The van der Waals surface area contributed by atoms with Gasteiger partial charge in [0, 0.05) is 23.9 Å². The number of rotatable bonds is 7. The third-order valence-electron chi connectivity index (χ3n) is 4.36. The van der Waals surface area contributed by atoms with E-state index >= 15 is 0 Å². The lowest BCUT2D eigenvalue weighted by atomic mass is 10.1. The maximum Gasteiger partial charge on any atom is 0.261 e. The molecule has 0 aromatic heterocycles. The molecule has 8 heteroatoms. The molecule has 30 heavy (non-hydrogen) atoms. The molecule has 2 N–H and O–H groups in total. The van der Waals surface area contributed by atoms with Gasteiger partial charge in [0.25, 0.3) is 15.9 Å². The van der Waals surface area contributed by atoms with Gasteiger partial charge >= 0.3 is 0 Å². The van der Waals surface area contributed by atoms with Crippen molar-refractivity contribution in [2.24, 2.45) is 0 Å². The van der Waals surface area contributed by atoms with Crippen LogP contribution in [0.3, 0.4) is 0 Å². The van der Waals surface area contributed by atoms with Crippen molar-refractivity contribution >= 4 is 27.3 Å². The lowest BCUT2D eigenvalue weighted by molar-refractivity contribution is 0.102. The third-order valence-corrected chi connectivity index (χ3v) is 5.74. The van der Waals surface area contributed by atoms with Crippen LogP contribution in [0.25, 0.3) is 0 Å². The number of hydrogen-bond acceptors (Lipinski definition) is 5. The van der Waals surface area contributed by atoms with Crippen molar-refractivity contribution < 1.29 is 22.7 Å². The van der Waals surface area contributed by atoms with Gasteiger partial charge in [0.05, 0.1) is 30.4 Å². The summed E-state index contributed by atoms with van der Waals surface area (Å²) in [6.45, 7) is 1.87. The summed E-state index contributed by atoms with van der Waals surface area (Å²) in [6, 6.07) is 17.8. The van der Waals surface area contributed by atoms with Gasteiger partial charge in [-0.25, -0.2) is 8.42 Å². The molecule has 0 atom stereocenters. The molecule has 3 rings (SSSR count). The van der Waals surface area contributed by atoms with E-state index in [-0.39, 0.29) is 16.1 Å². The topological polar surface area (TPSA) is 93.7 Å². The number of nitrogens with one attached hydrogen (secondary N) is 2. The summed E-state index contributed by atoms with van der Waals surface area (Å²) in [5.74, 6) is 0.545. The number of methoxy groups -OCH3 is 2. The minimum absolute atomic E-state index is 0.112. The van der Waals surface area contributed by atoms with Gasteiger partial charge in [-0.05, 0) is 31.2 Å². The molecule has 0 fully saturated rings. The van der Waals surface area contributed by atoms with Gasteiger partial charge in [-0.1, -0.05) is 29.8 Å². The smallest absolute Gasteiger partial charge is 0.261 e. The molecule has 0 heterocycles. The molecule has 1 amide bonds. The molecule has 0 bridgehead atoms. The number of anilines is 2. The van der Waals surface area contributed by atoms with E-state index in [0.717, 1.165) is 5.56 Å². The van der Waals surface area contributed by atoms with E-state index in [0.29, 0.717) is 17.2 Å². The van der Waals surface area contributed by atoms with Crippen LogP contribution >= 0.6 is 0 Å². The van der Waals surface area contributed by atoms with Crippen molar-refractivity contribution in [1.29, 1.82) is 0 Å². The van der Waals surface area contributed by atoms with Crippen LogP contribution in [-0.4, -0.2) is 28.5 Å². The number of benzene rings is 3. The van der Waals surface area contributed by atoms with Crippen LogP contribution in [0.4, 0.5) is 11.4 Å². The highest BCUT2D eigenvalue weighted by atomic mass is 32.2. The zero-order valence-corrected chi connectivity index (χ0v) is 17.6. The first-order chi connectivity index (χ1) is 14.3. The summed E-state index contributed by atoms with van der Waals surface area (Å²) in [5, 5.41) is 2.75. The van der Waals surface area contributed by atoms with Gasteiger partial charge in [-0.15, -0.1) is 0 Å². The SMILES string of the molecule is COc1cc(NC(=O)c2ccccc2NS(=O)(=O)c2ccc(C)cc2)cc(OC)c1. The predicted molar refractivity (Wildman–Crippen MR) is 116 cm³/mol. The summed E-state index contributed by atoms with van der Waals surface area (Å²) in [4.78, 5) is 13.0. The van der Waals surface area contributed by atoms with Crippen LogP contribution in [0.2, 0.25) is 0 Å². The summed E-state index contributed by atoms with van der Waals surface area (Å²) >= 11 is 0. The number of aryl methyl sites for hydroxylation is 1. The van der Waals surface area contributed by atoms with Crippen LogP contribution in [-0.2, 0) is 10.0 Å². The van der Waals surface area contributed by atoms with E-state index in [9.17, 15) is 13.2 Å². The largest absolute Gasteiger partial charge is 0.497 e. The molecular weight excluding hydrogens is 404 g/mol. The Hall–Kier alpha value is -3.52. The van der Waals surface area contributed by atoms with E-state index in [1.54, 1.807) is 48.5 Å². The van der Waals surface area contributed by atoms with E-state index < -0.39 is 15.9 Å². The summed E-state index contributed by atoms with van der Waals surface area (Å²) in [5.41, 5.74) is 1.75. The second-order valence-electron chi connectivity index (χ2n) is 6.52. The summed E-state index contributed by atoms with van der Waals surface area (Å²) in [6.07, 6.45) is 0. The molecule has 0 aliphatic rings. The van der Waals surface area contributed by atoms with Gasteiger partial charge in [0.15, 0.2) is 0 Å². The van der Waals surface area contributed by atoms with Crippen LogP contribution in [0.15, 0.2) is 71.6 Å². The molecule has 7 nitrogen and oxygen atoms in total. The number of para-hydroxylation sites is 1. The number of sulfonamides is 1. The molecular formula is C22H22N2O5S. The second kappa shape index (κ2) is 8.87. The highest BCUT2D eigenvalue weighted by Crippen LogP contribution is 2.27. The van der Waals surface area contributed by atoms with Gasteiger partial charge in [-0.3, -0.25) is 9.52 Å². The van der Waals surface area contributed by atoms with Crippen LogP contribution in [0.1, 0.15) is 15.9 Å². The Kier molecular flexibility index (Phi) is 6.27. The zero-order valence-electron chi connectivity index (χ0n) is 16.8. The third kappa shape index (κ3) is 4.90. The van der Waals surface area contributed by atoms with E-state index in [2.05, 4.69) is 10.0 Å². The van der Waals surface area contributed by atoms with Crippen LogP contribution in [0.5, 0.6) is 11.5 Å². The quantitative estimate of drug-likeness (QED) is 0.594. The van der Waals surface area contributed by atoms with Crippen molar-refractivity contribution in [3.63, 3.8) is 0 Å². The minimum atomic E-state index is -3.85. The first-order valence-corrected chi connectivity index (χ1v) is 10.5. The molecule has 3 aromatic rings. The van der Waals surface area contributed by atoms with Crippen molar-refractivity contribution in [1.82, 2.24) is 0 Å². The second-order valence-corrected chi connectivity index (χ2v) is 8.20. The summed E-state index contributed by atoms with van der Waals surface area (Å²) in [7, 11) is -0.831. The van der Waals surface area contributed by atoms with Gasteiger partial charge in [0.2, 0.25) is 0 Å². The highest BCUT2D eigenvalue weighted by Gasteiger charge is 2.19. The fraction of sp³-hybridized carbons (Fsp3) is 0.136. The maximum absolute atomic E-state index is 12.9. The van der Waals surface area contributed by atoms with E-state index in [1.165, 1.54) is 32.4 Å². The Bertz CT molecular complexity index is 1140. The first-order valence-electron chi connectivity index (χ1n) is 9.05. The normalized spacial score (nSPS) is 10.9. The minimum Gasteiger partial charge on any atom is -0.497 e. The average Bonchev–Trinajstić information content (AvgIpc) is 2.73. The van der Waals surface area contributed by atoms with Crippen molar-refractivity contribution in [3.05, 3.63) is 77.9 Å².